The number of carbonyl (C=O) groups is 1. The van der Waals surface area contributed by atoms with Crippen molar-refractivity contribution in [3.05, 3.63) is 0 Å². The van der Waals surface area contributed by atoms with Crippen LogP contribution in [-0.4, -0.2) is 43.8 Å². The summed E-state index contributed by atoms with van der Waals surface area (Å²) >= 11 is 3.31. The quantitative estimate of drug-likeness (QED) is 0.775. The minimum atomic E-state index is -3.74. The molecule has 1 fully saturated rings. The smallest absolute Gasteiger partial charge is 0.421 e. The molecular formula is C8H15BrN2O4S. The van der Waals surface area contributed by atoms with Gasteiger partial charge in [-0.1, -0.05) is 15.9 Å². The lowest BCUT2D eigenvalue weighted by molar-refractivity contribution is 0.158. The maximum absolute atomic E-state index is 11.7. The zero-order valence-corrected chi connectivity index (χ0v) is 11.4. The Balaban J connectivity index is 2.55. The number of nitrogens with one attached hydrogen (secondary N) is 1. The van der Waals surface area contributed by atoms with E-state index >= 15 is 0 Å². The standard InChI is InChI=1S/C8H15BrN2O4S/c1-2-15-8(12)10-16(13,14)11-4-3-7(5-9)6-11/h7H,2-6H2,1H3,(H,10,12). The molecule has 1 aliphatic rings. The number of ether oxygens (including phenoxy) is 1. The Labute approximate surface area is 104 Å². The third-order valence-corrected chi connectivity index (χ3v) is 4.65. The second-order valence-corrected chi connectivity index (χ2v) is 5.81. The van der Waals surface area contributed by atoms with Gasteiger partial charge in [-0.3, -0.25) is 0 Å². The molecule has 0 radical (unpaired) electrons. The van der Waals surface area contributed by atoms with Crippen molar-refractivity contribution in [1.29, 1.82) is 0 Å². The summed E-state index contributed by atoms with van der Waals surface area (Å²) in [5.74, 6) is 0.304. The van der Waals surface area contributed by atoms with Crippen molar-refractivity contribution in [2.75, 3.05) is 25.0 Å². The predicted molar refractivity (Wildman–Crippen MR) is 62.6 cm³/mol. The average molecular weight is 315 g/mol. The topological polar surface area (TPSA) is 75.7 Å². The van der Waals surface area contributed by atoms with Gasteiger partial charge in [-0.25, -0.2) is 9.52 Å². The summed E-state index contributed by atoms with van der Waals surface area (Å²) in [5, 5.41) is 0.762. The molecule has 1 amide bonds. The average Bonchev–Trinajstić information content (AvgIpc) is 2.65. The summed E-state index contributed by atoms with van der Waals surface area (Å²) in [6.45, 7) is 2.62. The van der Waals surface area contributed by atoms with Gasteiger partial charge in [-0.05, 0) is 19.3 Å². The molecule has 94 valence electrons. The Morgan fingerprint density at radius 1 is 1.62 bits per heavy atom. The maximum Gasteiger partial charge on any atom is 0.421 e. The second kappa shape index (κ2) is 5.83. The molecule has 1 heterocycles. The molecule has 6 nitrogen and oxygen atoms in total. The summed E-state index contributed by atoms with van der Waals surface area (Å²) in [5.41, 5.74) is 0. The van der Waals surface area contributed by atoms with Crippen molar-refractivity contribution in [2.24, 2.45) is 5.92 Å². The third-order valence-electron chi connectivity index (χ3n) is 2.29. The van der Waals surface area contributed by atoms with E-state index in [-0.39, 0.29) is 6.61 Å². The van der Waals surface area contributed by atoms with E-state index in [1.165, 1.54) is 4.31 Å². The lowest BCUT2D eigenvalue weighted by atomic mass is 10.2. The molecular weight excluding hydrogens is 300 g/mol. The first-order chi connectivity index (χ1) is 7.49. The molecule has 0 aromatic carbocycles. The fourth-order valence-electron chi connectivity index (χ4n) is 1.47. The number of alkyl halides is 1. The predicted octanol–water partition coefficient (Wildman–Crippen LogP) is 0.694. The number of hydrogen-bond donors (Lipinski definition) is 1. The van der Waals surface area contributed by atoms with Crippen molar-refractivity contribution in [1.82, 2.24) is 9.03 Å². The van der Waals surface area contributed by atoms with E-state index in [9.17, 15) is 13.2 Å². The first kappa shape index (κ1) is 13.7. The number of hydrogen-bond acceptors (Lipinski definition) is 4. The molecule has 0 saturated carbocycles. The van der Waals surface area contributed by atoms with Crippen molar-refractivity contribution in [3.8, 4) is 0 Å². The van der Waals surface area contributed by atoms with Gasteiger partial charge in [0.05, 0.1) is 6.61 Å². The van der Waals surface area contributed by atoms with Gasteiger partial charge in [0.15, 0.2) is 0 Å². The molecule has 1 rings (SSSR count). The Kier molecular flexibility index (Phi) is 5.00. The summed E-state index contributed by atoms with van der Waals surface area (Å²) < 4.78 is 31.0. The Morgan fingerprint density at radius 2 is 2.31 bits per heavy atom. The van der Waals surface area contributed by atoms with E-state index in [0.29, 0.717) is 19.0 Å². The fraction of sp³-hybridized carbons (Fsp3) is 0.875. The highest BCUT2D eigenvalue weighted by Gasteiger charge is 2.32. The Bertz CT molecular complexity index is 346. The van der Waals surface area contributed by atoms with Gasteiger partial charge in [0, 0.05) is 18.4 Å². The molecule has 1 aliphatic heterocycles. The highest BCUT2D eigenvalue weighted by atomic mass is 79.9. The molecule has 1 N–H and O–H groups in total. The summed E-state index contributed by atoms with van der Waals surface area (Å²) in [6.07, 6.45) is -0.126. The Hall–Kier alpha value is -0.340. The second-order valence-electron chi connectivity index (χ2n) is 3.49. The number of amides is 1. The minimum absolute atomic E-state index is 0.144. The van der Waals surface area contributed by atoms with Crippen molar-refractivity contribution in [3.63, 3.8) is 0 Å². The van der Waals surface area contributed by atoms with Crippen LogP contribution in [0.2, 0.25) is 0 Å². The zero-order chi connectivity index (χ0) is 12.2. The van der Waals surface area contributed by atoms with Crippen LogP contribution >= 0.6 is 15.9 Å². The lowest BCUT2D eigenvalue weighted by Crippen LogP contribution is -2.42. The van der Waals surface area contributed by atoms with Gasteiger partial charge in [-0.2, -0.15) is 12.7 Å². The Morgan fingerprint density at radius 3 is 2.81 bits per heavy atom. The summed E-state index contributed by atoms with van der Waals surface area (Å²) in [6, 6.07) is 0. The van der Waals surface area contributed by atoms with Crippen LogP contribution < -0.4 is 4.72 Å². The van der Waals surface area contributed by atoms with E-state index in [1.54, 1.807) is 6.92 Å². The molecule has 0 aromatic heterocycles. The number of halogens is 1. The van der Waals surface area contributed by atoms with Crippen LogP contribution in [0.15, 0.2) is 0 Å². The molecule has 0 aromatic rings. The molecule has 16 heavy (non-hydrogen) atoms. The number of carbonyl (C=O) groups excluding carboxylic acids is 1. The number of rotatable bonds is 4. The van der Waals surface area contributed by atoms with Gasteiger partial charge in [0.1, 0.15) is 0 Å². The van der Waals surface area contributed by atoms with Crippen LogP contribution in [0.4, 0.5) is 4.79 Å². The fourth-order valence-corrected chi connectivity index (χ4v) is 3.15. The van der Waals surface area contributed by atoms with Crippen LogP contribution in [0.3, 0.4) is 0 Å². The van der Waals surface area contributed by atoms with Gasteiger partial charge in [0.2, 0.25) is 0 Å². The summed E-state index contributed by atoms with van der Waals surface area (Å²) in [4.78, 5) is 11.0. The van der Waals surface area contributed by atoms with Crippen molar-refractivity contribution >= 4 is 32.2 Å². The van der Waals surface area contributed by atoms with Crippen LogP contribution in [0, 0.1) is 5.92 Å². The van der Waals surface area contributed by atoms with Gasteiger partial charge >= 0.3 is 16.3 Å². The van der Waals surface area contributed by atoms with Crippen LogP contribution in [0.5, 0.6) is 0 Å². The van der Waals surface area contributed by atoms with E-state index in [0.717, 1.165) is 11.8 Å². The molecule has 8 heteroatoms. The van der Waals surface area contributed by atoms with E-state index in [1.807, 2.05) is 4.72 Å². The number of nitrogens with zero attached hydrogens (tertiary/aromatic N) is 1. The molecule has 1 saturated heterocycles. The van der Waals surface area contributed by atoms with Crippen LogP contribution in [-0.2, 0) is 14.9 Å². The van der Waals surface area contributed by atoms with Gasteiger partial charge < -0.3 is 4.74 Å². The third kappa shape index (κ3) is 3.60. The highest BCUT2D eigenvalue weighted by Crippen LogP contribution is 2.20. The normalized spacial score (nSPS) is 22.0. The highest BCUT2D eigenvalue weighted by molar-refractivity contribution is 9.09. The van der Waals surface area contributed by atoms with Gasteiger partial charge in [0.25, 0.3) is 0 Å². The summed E-state index contributed by atoms with van der Waals surface area (Å²) in [7, 11) is -3.74. The first-order valence-electron chi connectivity index (χ1n) is 5.00. The van der Waals surface area contributed by atoms with Crippen molar-refractivity contribution < 1.29 is 17.9 Å². The zero-order valence-electron chi connectivity index (χ0n) is 8.98. The minimum Gasteiger partial charge on any atom is -0.449 e. The van der Waals surface area contributed by atoms with Crippen molar-refractivity contribution in [2.45, 2.75) is 13.3 Å². The molecule has 0 aliphatic carbocycles. The molecule has 0 bridgehead atoms. The first-order valence-corrected chi connectivity index (χ1v) is 7.56. The van der Waals surface area contributed by atoms with Crippen LogP contribution in [0.1, 0.15) is 13.3 Å². The largest absolute Gasteiger partial charge is 0.449 e. The molecule has 1 unspecified atom stereocenters. The lowest BCUT2D eigenvalue weighted by Gasteiger charge is -2.16. The monoisotopic (exact) mass is 314 g/mol. The van der Waals surface area contributed by atoms with E-state index < -0.39 is 16.3 Å². The van der Waals surface area contributed by atoms with Crippen LogP contribution in [0.25, 0.3) is 0 Å². The van der Waals surface area contributed by atoms with E-state index in [4.69, 9.17) is 0 Å². The maximum atomic E-state index is 11.7. The van der Waals surface area contributed by atoms with E-state index in [2.05, 4.69) is 20.7 Å². The molecule has 0 spiro atoms. The van der Waals surface area contributed by atoms with Gasteiger partial charge in [-0.15, -0.1) is 0 Å². The molecule has 1 atom stereocenters. The SMILES string of the molecule is CCOC(=O)NS(=O)(=O)N1CCC(CBr)C1.